The molecule has 1 saturated heterocycles. The molecule has 3 rings (SSSR count). The molecule has 24 heavy (non-hydrogen) atoms. The van der Waals surface area contributed by atoms with Gasteiger partial charge in [0, 0.05) is 41.8 Å². The molecule has 0 bridgehead atoms. The highest BCUT2D eigenvalue weighted by molar-refractivity contribution is 7.98. The van der Waals surface area contributed by atoms with Gasteiger partial charge < -0.3 is 15.0 Å². The number of fused-ring (bicyclic) bond motifs is 1. The molecule has 1 fully saturated rings. The van der Waals surface area contributed by atoms with Crippen LogP contribution in [0, 0.1) is 0 Å². The van der Waals surface area contributed by atoms with Gasteiger partial charge in [-0.2, -0.15) is 11.8 Å². The molecule has 0 radical (unpaired) electrons. The van der Waals surface area contributed by atoms with Crippen LogP contribution in [-0.4, -0.2) is 45.9 Å². The van der Waals surface area contributed by atoms with Gasteiger partial charge in [-0.05, 0) is 33.6 Å². The van der Waals surface area contributed by atoms with Crippen LogP contribution in [0.15, 0.2) is 0 Å². The van der Waals surface area contributed by atoms with Gasteiger partial charge in [0.15, 0.2) is 11.0 Å². The van der Waals surface area contributed by atoms with E-state index in [1.54, 1.807) is 4.90 Å². The third kappa shape index (κ3) is 4.06. The van der Waals surface area contributed by atoms with Crippen LogP contribution >= 0.6 is 23.4 Å². The van der Waals surface area contributed by atoms with E-state index in [9.17, 15) is 4.79 Å². The van der Waals surface area contributed by atoms with Gasteiger partial charge in [0.05, 0.1) is 0 Å². The number of hydrogen-bond acceptors (Lipinski definition) is 6. The summed E-state index contributed by atoms with van der Waals surface area (Å²) < 4.78 is 5.48. The van der Waals surface area contributed by atoms with Gasteiger partial charge >= 0.3 is 6.09 Å². The van der Waals surface area contributed by atoms with Gasteiger partial charge in [0.2, 0.25) is 0 Å². The number of likely N-dealkylation sites (tertiary alicyclic amines) is 1. The molecule has 0 saturated carbocycles. The molecule has 3 heterocycles. The fourth-order valence-corrected chi connectivity index (χ4v) is 4.37. The Morgan fingerprint density at radius 1 is 1.33 bits per heavy atom. The number of halogens is 1. The average Bonchev–Trinajstić information content (AvgIpc) is 2.99. The van der Waals surface area contributed by atoms with Crippen molar-refractivity contribution in [1.82, 2.24) is 15.1 Å². The lowest BCUT2D eigenvalue weighted by atomic mass is 10.1. The number of anilines is 1. The Morgan fingerprint density at radius 2 is 2.08 bits per heavy atom. The van der Waals surface area contributed by atoms with Crippen LogP contribution < -0.4 is 5.32 Å². The highest BCUT2D eigenvalue weighted by Gasteiger charge is 2.29. The quantitative estimate of drug-likeness (QED) is 0.856. The molecular formula is C16H23ClN4O2S. The number of nitrogens with one attached hydrogen (secondary N) is 1. The summed E-state index contributed by atoms with van der Waals surface area (Å²) in [6, 6.07) is 0.149. The Balaban J connectivity index is 1.66. The Labute approximate surface area is 151 Å². The number of piperidine rings is 1. The summed E-state index contributed by atoms with van der Waals surface area (Å²) in [6.07, 6.45) is 1.68. The number of amides is 1. The van der Waals surface area contributed by atoms with Crippen molar-refractivity contribution in [2.45, 2.75) is 56.8 Å². The molecule has 132 valence electrons. The molecule has 0 spiro atoms. The Hall–Kier alpha value is -1.21. The highest BCUT2D eigenvalue weighted by atomic mass is 35.5. The molecule has 0 unspecified atom stereocenters. The second-order valence-corrected chi connectivity index (χ2v) is 8.54. The number of carbonyl (C=O) groups is 1. The lowest BCUT2D eigenvalue weighted by molar-refractivity contribution is 0.0206. The van der Waals surface area contributed by atoms with Crippen LogP contribution in [0.25, 0.3) is 0 Å². The maximum atomic E-state index is 12.3. The minimum Gasteiger partial charge on any atom is -0.444 e. The summed E-state index contributed by atoms with van der Waals surface area (Å²) >= 11 is 7.94. The van der Waals surface area contributed by atoms with Gasteiger partial charge in [0.25, 0.3) is 0 Å². The molecular weight excluding hydrogens is 348 g/mol. The summed E-state index contributed by atoms with van der Waals surface area (Å²) in [6.45, 7) is 6.99. The first-order chi connectivity index (χ1) is 11.3. The number of thioether (sulfide) groups is 1. The smallest absolute Gasteiger partial charge is 0.410 e. The molecule has 1 aromatic rings. The number of rotatable bonds is 2. The van der Waals surface area contributed by atoms with Gasteiger partial charge in [0.1, 0.15) is 5.60 Å². The van der Waals surface area contributed by atoms with Gasteiger partial charge in [-0.1, -0.05) is 11.6 Å². The number of hydrogen-bond donors (Lipinski definition) is 1. The van der Waals surface area contributed by atoms with E-state index in [4.69, 9.17) is 16.3 Å². The van der Waals surface area contributed by atoms with Crippen molar-refractivity contribution in [3.05, 3.63) is 16.3 Å². The zero-order valence-electron chi connectivity index (χ0n) is 14.3. The lowest BCUT2D eigenvalue weighted by Gasteiger charge is -2.34. The maximum absolute atomic E-state index is 12.3. The SMILES string of the molecule is CC(C)(C)OC(=O)N1CCC[C@@H](Nc2nnc(Cl)c3c2CSC3)C1. The Kier molecular flexibility index (Phi) is 5.11. The second-order valence-electron chi connectivity index (χ2n) is 7.20. The van der Waals surface area contributed by atoms with Crippen molar-refractivity contribution >= 4 is 35.3 Å². The summed E-state index contributed by atoms with van der Waals surface area (Å²) in [5.74, 6) is 2.58. The Morgan fingerprint density at radius 3 is 2.83 bits per heavy atom. The molecule has 1 N–H and O–H groups in total. The van der Waals surface area contributed by atoms with Crippen LogP contribution in [0.2, 0.25) is 5.15 Å². The summed E-state index contributed by atoms with van der Waals surface area (Å²) in [7, 11) is 0. The molecule has 8 heteroatoms. The zero-order valence-corrected chi connectivity index (χ0v) is 15.8. The number of ether oxygens (including phenoxy) is 1. The molecule has 0 aromatic carbocycles. The lowest BCUT2D eigenvalue weighted by Crippen LogP contribution is -2.47. The third-order valence-electron chi connectivity index (χ3n) is 4.04. The number of aromatic nitrogens is 2. The van der Waals surface area contributed by atoms with Crippen LogP contribution in [0.5, 0.6) is 0 Å². The van der Waals surface area contributed by atoms with Crippen LogP contribution in [-0.2, 0) is 16.2 Å². The predicted octanol–water partition coefficient (Wildman–Crippen LogP) is 3.69. The minimum absolute atomic E-state index is 0.149. The summed E-state index contributed by atoms with van der Waals surface area (Å²) in [5.41, 5.74) is 1.75. The standard InChI is InChI=1S/C16H23ClN4O2S/c1-16(2,3)23-15(22)21-6-4-5-10(7-21)18-14-12-9-24-8-11(12)13(17)19-20-14/h10H,4-9H2,1-3H3,(H,18,20)/t10-/m1/s1. The van der Waals surface area contributed by atoms with Crippen LogP contribution in [0.4, 0.5) is 10.6 Å². The van der Waals surface area contributed by atoms with Gasteiger partial charge in [-0.15, -0.1) is 10.2 Å². The van der Waals surface area contributed by atoms with E-state index in [1.807, 2.05) is 32.5 Å². The van der Waals surface area contributed by atoms with E-state index in [1.165, 1.54) is 0 Å². The first-order valence-electron chi connectivity index (χ1n) is 8.19. The second kappa shape index (κ2) is 6.96. The van der Waals surface area contributed by atoms with Crippen LogP contribution in [0.3, 0.4) is 0 Å². The monoisotopic (exact) mass is 370 g/mol. The van der Waals surface area contributed by atoms with E-state index in [2.05, 4.69) is 15.5 Å². The van der Waals surface area contributed by atoms with Crippen LogP contribution in [0.1, 0.15) is 44.7 Å². The van der Waals surface area contributed by atoms with Crippen molar-refractivity contribution in [2.75, 3.05) is 18.4 Å². The molecule has 2 aliphatic heterocycles. The fraction of sp³-hybridized carbons (Fsp3) is 0.688. The van der Waals surface area contributed by atoms with Gasteiger partial charge in [-0.3, -0.25) is 0 Å². The van der Waals surface area contributed by atoms with Crippen molar-refractivity contribution in [3.8, 4) is 0 Å². The number of carbonyl (C=O) groups excluding carboxylic acids is 1. The third-order valence-corrected chi connectivity index (χ3v) is 5.33. The Bertz CT molecular complexity index is 635. The van der Waals surface area contributed by atoms with Crippen molar-refractivity contribution in [2.24, 2.45) is 0 Å². The van der Waals surface area contributed by atoms with Crippen molar-refractivity contribution in [1.29, 1.82) is 0 Å². The van der Waals surface area contributed by atoms with E-state index in [0.717, 1.165) is 47.8 Å². The van der Waals surface area contributed by atoms with E-state index in [0.29, 0.717) is 11.7 Å². The maximum Gasteiger partial charge on any atom is 0.410 e. The minimum atomic E-state index is -0.475. The molecule has 6 nitrogen and oxygen atoms in total. The molecule has 1 amide bonds. The largest absolute Gasteiger partial charge is 0.444 e. The van der Waals surface area contributed by atoms with E-state index >= 15 is 0 Å². The van der Waals surface area contributed by atoms with E-state index in [-0.39, 0.29) is 12.1 Å². The van der Waals surface area contributed by atoms with Crippen molar-refractivity contribution in [3.63, 3.8) is 0 Å². The molecule has 1 aromatic heterocycles. The predicted molar refractivity (Wildman–Crippen MR) is 96.5 cm³/mol. The number of nitrogens with zero attached hydrogens (tertiary/aromatic N) is 3. The highest BCUT2D eigenvalue weighted by Crippen LogP contribution is 2.37. The molecule has 0 aliphatic carbocycles. The van der Waals surface area contributed by atoms with Gasteiger partial charge in [-0.25, -0.2) is 4.79 Å². The normalized spacial score (nSPS) is 20.7. The summed E-state index contributed by atoms with van der Waals surface area (Å²) in [5, 5.41) is 12.2. The van der Waals surface area contributed by atoms with Crippen molar-refractivity contribution < 1.29 is 9.53 Å². The molecule has 2 aliphatic rings. The first-order valence-corrected chi connectivity index (χ1v) is 9.73. The topological polar surface area (TPSA) is 67.3 Å². The summed E-state index contributed by atoms with van der Waals surface area (Å²) in [4.78, 5) is 14.0. The zero-order chi connectivity index (χ0) is 17.3. The first kappa shape index (κ1) is 17.6. The molecule has 1 atom stereocenters. The fourth-order valence-electron chi connectivity index (χ4n) is 2.94. The average molecular weight is 371 g/mol. The van der Waals surface area contributed by atoms with E-state index < -0.39 is 5.60 Å².